The lowest BCUT2D eigenvalue weighted by molar-refractivity contribution is 0.916. The number of fused-ring (bicyclic) bond motifs is 1. The standard InChI is InChI=1S/C10H13N5O/c1-3-5-6(4-2)13-9-7(12-5)8(11)14-10(16)15-9/h3-4H2,1-2H3,(H3,11,13,14,15,16). The van der Waals surface area contributed by atoms with Crippen LogP contribution in [0.15, 0.2) is 4.79 Å². The van der Waals surface area contributed by atoms with Gasteiger partial charge >= 0.3 is 5.69 Å². The molecule has 0 saturated heterocycles. The summed E-state index contributed by atoms with van der Waals surface area (Å²) in [5.74, 6) is 0.222. The van der Waals surface area contributed by atoms with Crippen molar-refractivity contribution in [3.05, 3.63) is 21.9 Å². The van der Waals surface area contributed by atoms with Crippen LogP contribution in [0.3, 0.4) is 0 Å². The first kappa shape index (κ1) is 10.5. The minimum atomic E-state index is -0.495. The van der Waals surface area contributed by atoms with Crippen molar-refractivity contribution in [3.8, 4) is 0 Å². The summed E-state index contributed by atoms with van der Waals surface area (Å²) in [6.07, 6.45) is 1.55. The molecular weight excluding hydrogens is 206 g/mol. The van der Waals surface area contributed by atoms with Gasteiger partial charge in [0.25, 0.3) is 0 Å². The number of aryl methyl sites for hydroxylation is 2. The Labute approximate surface area is 92.0 Å². The monoisotopic (exact) mass is 219 g/mol. The fourth-order valence-electron chi connectivity index (χ4n) is 1.62. The van der Waals surface area contributed by atoms with Gasteiger partial charge in [-0.05, 0) is 12.8 Å². The molecule has 0 bridgehead atoms. The summed E-state index contributed by atoms with van der Waals surface area (Å²) in [7, 11) is 0. The number of hydrogen-bond donors (Lipinski definition) is 2. The molecule has 0 aliphatic rings. The van der Waals surface area contributed by atoms with E-state index in [0.29, 0.717) is 11.2 Å². The van der Waals surface area contributed by atoms with Crippen molar-refractivity contribution < 1.29 is 0 Å². The molecule has 0 unspecified atom stereocenters. The Kier molecular flexibility index (Phi) is 2.55. The summed E-state index contributed by atoms with van der Waals surface area (Å²) in [6.45, 7) is 4.00. The third-order valence-electron chi connectivity index (χ3n) is 2.41. The van der Waals surface area contributed by atoms with Crippen molar-refractivity contribution in [2.24, 2.45) is 0 Å². The molecule has 84 valence electrons. The molecule has 0 aliphatic carbocycles. The quantitative estimate of drug-likeness (QED) is 0.762. The van der Waals surface area contributed by atoms with Crippen molar-refractivity contribution >= 4 is 17.0 Å². The average molecular weight is 219 g/mol. The topological polar surface area (TPSA) is 97.5 Å². The number of nitrogens with one attached hydrogen (secondary N) is 1. The number of nitrogens with two attached hydrogens (primary N) is 1. The van der Waals surface area contributed by atoms with E-state index >= 15 is 0 Å². The Morgan fingerprint density at radius 1 is 1.12 bits per heavy atom. The maximum Gasteiger partial charge on any atom is 0.348 e. The zero-order valence-electron chi connectivity index (χ0n) is 9.24. The van der Waals surface area contributed by atoms with E-state index in [2.05, 4.69) is 19.9 Å². The summed E-state index contributed by atoms with van der Waals surface area (Å²) in [4.78, 5) is 26.0. The molecule has 16 heavy (non-hydrogen) atoms. The number of nitrogens with zero attached hydrogens (tertiary/aromatic N) is 3. The van der Waals surface area contributed by atoms with Crippen LogP contribution >= 0.6 is 0 Å². The zero-order valence-corrected chi connectivity index (χ0v) is 9.24. The highest BCUT2D eigenvalue weighted by Crippen LogP contribution is 2.14. The molecule has 3 N–H and O–H groups in total. The lowest BCUT2D eigenvalue weighted by Crippen LogP contribution is -2.15. The molecule has 2 rings (SSSR count). The number of nitrogen functional groups attached to an aromatic ring is 1. The summed E-state index contributed by atoms with van der Waals surface area (Å²) < 4.78 is 0. The van der Waals surface area contributed by atoms with Crippen molar-refractivity contribution in [2.75, 3.05) is 5.73 Å². The summed E-state index contributed by atoms with van der Waals surface area (Å²) in [5.41, 5.74) is 7.73. The first-order valence-electron chi connectivity index (χ1n) is 5.21. The largest absolute Gasteiger partial charge is 0.383 e. The van der Waals surface area contributed by atoms with Gasteiger partial charge in [-0.3, -0.25) is 4.98 Å². The minimum absolute atomic E-state index is 0.222. The maximum atomic E-state index is 11.1. The highest BCUT2D eigenvalue weighted by molar-refractivity contribution is 5.80. The van der Waals surface area contributed by atoms with E-state index in [4.69, 9.17) is 5.73 Å². The van der Waals surface area contributed by atoms with Crippen LogP contribution in [0.2, 0.25) is 0 Å². The number of anilines is 1. The third-order valence-corrected chi connectivity index (χ3v) is 2.41. The van der Waals surface area contributed by atoms with Gasteiger partial charge in [0.1, 0.15) is 11.3 Å². The summed E-state index contributed by atoms with van der Waals surface area (Å²) in [6, 6.07) is 0. The predicted octanol–water partition coefficient (Wildman–Crippen LogP) is 0.420. The fraction of sp³-hybridized carbons (Fsp3) is 0.400. The van der Waals surface area contributed by atoms with Gasteiger partial charge in [-0.1, -0.05) is 13.8 Å². The predicted molar refractivity (Wildman–Crippen MR) is 61.1 cm³/mol. The highest BCUT2D eigenvalue weighted by Gasteiger charge is 2.09. The number of hydrogen-bond acceptors (Lipinski definition) is 5. The smallest absolute Gasteiger partial charge is 0.348 e. The van der Waals surface area contributed by atoms with Gasteiger partial charge in [0.15, 0.2) is 5.65 Å². The lowest BCUT2D eigenvalue weighted by Gasteiger charge is -2.06. The van der Waals surface area contributed by atoms with E-state index in [0.717, 1.165) is 24.2 Å². The van der Waals surface area contributed by atoms with Crippen LogP contribution in [0, 0.1) is 0 Å². The molecule has 6 nitrogen and oxygen atoms in total. The van der Waals surface area contributed by atoms with Crippen LogP contribution in [0.1, 0.15) is 25.2 Å². The SMILES string of the molecule is CCc1nc2nc(=O)[nH]c(N)c2nc1CC. The van der Waals surface area contributed by atoms with Gasteiger partial charge in [0.05, 0.1) is 11.4 Å². The fourth-order valence-corrected chi connectivity index (χ4v) is 1.62. The Morgan fingerprint density at radius 2 is 1.75 bits per heavy atom. The molecule has 2 aromatic rings. The summed E-state index contributed by atoms with van der Waals surface area (Å²) >= 11 is 0. The highest BCUT2D eigenvalue weighted by atomic mass is 16.1. The van der Waals surface area contributed by atoms with Crippen LogP contribution in [0.5, 0.6) is 0 Å². The molecule has 2 aromatic heterocycles. The van der Waals surface area contributed by atoms with E-state index in [-0.39, 0.29) is 5.82 Å². The molecule has 6 heteroatoms. The first-order valence-corrected chi connectivity index (χ1v) is 5.21. The molecule has 0 atom stereocenters. The van der Waals surface area contributed by atoms with E-state index in [1.54, 1.807) is 0 Å². The van der Waals surface area contributed by atoms with Gasteiger partial charge < -0.3 is 5.73 Å². The van der Waals surface area contributed by atoms with Crippen LogP contribution < -0.4 is 11.4 Å². The Hall–Kier alpha value is -1.98. The normalized spacial score (nSPS) is 10.9. The Morgan fingerprint density at radius 3 is 2.38 bits per heavy atom. The minimum Gasteiger partial charge on any atom is -0.383 e. The molecule has 0 spiro atoms. The van der Waals surface area contributed by atoms with Crippen molar-refractivity contribution in [1.82, 2.24) is 19.9 Å². The zero-order chi connectivity index (χ0) is 11.7. The molecule has 0 aromatic carbocycles. The average Bonchev–Trinajstić information content (AvgIpc) is 2.27. The maximum absolute atomic E-state index is 11.1. The van der Waals surface area contributed by atoms with Crippen molar-refractivity contribution in [1.29, 1.82) is 0 Å². The number of aromatic nitrogens is 4. The van der Waals surface area contributed by atoms with Crippen LogP contribution in [0.4, 0.5) is 5.82 Å². The molecule has 0 saturated carbocycles. The molecular formula is C10H13N5O. The van der Waals surface area contributed by atoms with E-state index in [1.165, 1.54) is 0 Å². The second-order valence-corrected chi connectivity index (χ2v) is 3.45. The van der Waals surface area contributed by atoms with Gasteiger partial charge in [0.2, 0.25) is 0 Å². The number of H-pyrrole nitrogens is 1. The Balaban J connectivity index is 2.83. The van der Waals surface area contributed by atoms with Gasteiger partial charge in [-0.2, -0.15) is 4.98 Å². The van der Waals surface area contributed by atoms with Crippen molar-refractivity contribution in [2.45, 2.75) is 26.7 Å². The van der Waals surface area contributed by atoms with Crippen LogP contribution in [-0.4, -0.2) is 19.9 Å². The lowest BCUT2D eigenvalue weighted by atomic mass is 10.2. The molecule has 0 aliphatic heterocycles. The molecule has 0 fully saturated rings. The van der Waals surface area contributed by atoms with Gasteiger partial charge in [-0.25, -0.2) is 14.8 Å². The van der Waals surface area contributed by atoms with E-state index in [9.17, 15) is 4.79 Å². The molecule has 0 radical (unpaired) electrons. The third kappa shape index (κ3) is 1.62. The van der Waals surface area contributed by atoms with Crippen LogP contribution in [0.25, 0.3) is 11.2 Å². The van der Waals surface area contributed by atoms with Gasteiger partial charge in [-0.15, -0.1) is 0 Å². The number of aromatic amines is 1. The Bertz CT molecular complexity index is 590. The van der Waals surface area contributed by atoms with Crippen LogP contribution in [-0.2, 0) is 12.8 Å². The van der Waals surface area contributed by atoms with Crippen molar-refractivity contribution in [3.63, 3.8) is 0 Å². The van der Waals surface area contributed by atoms with Gasteiger partial charge in [0, 0.05) is 0 Å². The summed E-state index contributed by atoms with van der Waals surface area (Å²) in [5, 5.41) is 0. The molecule has 2 heterocycles. The number of rotatable bonds is 2. The van der Waals surface area contributed by atoms with E-state index in [1.807, 2.05) is 13.8 Å². The van der Waals surface area contributed by atoms with E-state index < -0.39 is 5.69 Å². The molecule has 0 amide bonds. The first-order chi connectivity index (χ1) is 7.65. The second kappa shape index (κ2) is 3.88. The second-order valence-electron chi connectivity index (χ2n) is 3.45.